The number of cyclic esters (lactones) is 1. The van der Waals surface area contributed by atoms with Crippen LogP contribution in [0.2, 0.25) is 0 Å². The number of carbonyl (C=O) groups is 2. The lowest BCUT2D eigenvalue weighted by molar-refractivity contribution is -0.116. The lowest BCUT2D eigenvalue weighted by atomic mass is 10.2. The molecular formula is C15H21N5O3. The summed E-state index contributed by atoms with van der Waals surface area (Å²) in [5, 5.41) is 2.81. The molecule has 0 radical (unpaired) electrons. The van der Waals surface area contributed by atoms with E-state index in [4.69, 9.17) is 4.74 Å². The molecule has 3 rings (SSSR count). The zero-order valence-corrected chi connectivity index (χ0v) is 13.5. The minimum Gasteiger partial charge on any atom is -0.448 e. The van der Waals surface area contributed by atoms with Gasteiger partial charge < -0.3 is 15.0 Å². The number of nitrogens with zero attached hydrogens (tertiary/aromatic N) is 4. The van der Waals surface area contributed by atoms with Gasteiger partial charge in [0.15, 0.2) is 0 Å². The molecule has 0 unspecified atom stereocenters. The first-order valence-electron chi connectivity index (χ1n) is 7.86. The smallest absolute Gasteiger partial charge is 0.410 e. The number of hydrogen-bond acceptors (Lipinski definition) is 6. The highest BCUT2D eigenvalue weighted by atomic mass is 16.6. The van der Waals surface area contributed by atoms with Gasteiger partial charge >= 0.3 is 6.09 Å². The summed E-state index contributed by atoms with van der Waals surface area (Å²) in [6.07, 6.45) is 1.87. The summed E-state index contributed by atoms with van der Waals surface area (Å²) in [5.41, 5.74) is 2.08. The van der Waals surface area contributed by atoms with Gasteiger partial charge in [-0.15, -0.1) is 0 Å². The fourth-order valence-corrected chi connectivity index (χ4v) is 2.86. The molecule has 2 aliphatic heterocycles. The zero-order chi connectivity index (χ0) is 16.4. The van der Waals surface area contributed by atoms with E-state index < -0.39 is 6.09 Å². The molecule has 0 bridgehead atoms. The third-order valence-electron chi connectivity index (χ3n) is 4.09. The van der Waals surface area contributed by atoms with Gasteiger partial charge in [0.1, 0.15) is 13.2 Å². The average molecular weight is 319 g/mol. The Morgan fingerprint density at radius 3 is 2.39 bits per heavy atom. The van der Waals surface area contributed by atoms with Crippen molar-refractivity contribution < 1.29 is 14.3 Å². The Balaban J connectivity index is 1.69. The third-order valence-corrected chi connectivity index (χ3v) is 4.09. The van der Waals surface area contributed by atoms with Crippen LogP contribution in [0.15, 0.2) is 0 Å². The second-order valence-electron chi connectivity index (χ2n) is 5.85. The number of hydrogen-bond donors (Lipinski definition) is 1. The largest absolute Gasteiger partial charge is 0.448 e. The summed E-state index contributed by atoms with van der Waals surface area (Å²) in [4.78, 5) is 36.1. The Hall–Kier alpha value is -2.38. The average Bonchev–Trinajstić information content (AvgIpc) is 3.15. The van der Waals surface area contributed by atoms with Crippen LogP contribution in [0.25, 0.3) is 0 Å². The fourth-order valence-electron chi connectivity index (χ4n) is 2.86. The van der Waals surface area contributed by atoms with Gasteiger partial charge in [0.2, 0.25) is 11.9 Å². The quantitative estimate of drug-likeness (QED) is 0.893. The van der Waals surface area contributed by atoms with Crippen LogP contribution in [-0.2, 0) is 9.53 Å². The highest BCUT2D eigenvalue weighted by Gasteiger charge is 2.25. The molecule has 2 amide bonds. The maximum Gasteiger partial charge on any atom is 0.410 e. The number of amides is 2. The number of aryl methyl sites for hydroxylation is 2. The van der Waals surface area contributed by atoms with E-state index >= 15 is 0 Å². The van der Waals surface area contributed by atoms with Crippen LogP contribution in [0.4, 0.5) is 16.4 Å². The molecule has 0 spiro atoms. The van der Waals surface area contributed by atoms with E-state index in [1.807, 2.05) is 13.8 Å². The van der Waals surface area contributed by atoms with Gasteiger partial charge in [0.25, 0.3) is 0 Å². The van der Waals surface area contributed by atoms with Gasteiger partial charge in [0, 0.05) is 13.1 Å². The highest BCUT2D eigenvalue weighted by molar-refractivity contribution is 5.95. The van der Waals surface area contributed by atoms with Crippen LogP contribution in [0, 0.1) is 13.8 Å². The normalized spacial score (nSPS) is 17.6. The molecule has 0 atom stereocenters. The number of aromatic nitrogens is 2. The molecule has 124 valence electrons. The van der Waals surface area contributed by atoms with Crippen LogP contribution in [0.3, 0.4) is 0 Å². The predicted octanol–water partition coefficient (Wildman–Crippen LogP) is 1.08. The van der Waals surface area contributed by atoms with Crippen molar-refractivity contribution in [1.82, 2.24) is 14.9 Å². The van der Waals surface area contributed by atoms with Gasteiger partial charge in [-0.1, -0.05) is 0 Å². The summed E-state index contributed by atoms with van der Waals surface area (Å²) in [6, 6.07) is 0. The molecule has 1 N–H and O–H groups in total. The van der Waals surface area contributed by atoms with Crippen molar-refractivity contribution in [3.05, 3.63) is 11.4 Å². The monoisotopic (exact) mass is 319 g/mol. The van der Waals surface area contributed by atoms with Gasteiger partial charge in [-0.2, -0.15) is 0 Å². The number of anilines is 2. The molecule has 0 aromatic carbocycles. The van der Waals surface area contributed by atoms with Crippen LogP contribution in [0.5, 0.6) is 0 Å². The maximum absolute atomic E-state index is 12.1. The topological polar surface area (TPSA) is 87.7 Å². The van der Waals surface area contributed by atoms with Gasteiger partial charge in [0.05, 0.1) is 23.6 Å². The summed E-state index contributed by atoms with van der Waals surface area (Å²) < 4.78 is 4.81. The first-order chi connectivity index (χ1) is 11.0. The van der Waals surface area contributed by atoms with Gasteiger partial charge in [-0.25, -0.2) is 14.8 Å². The van der Waals surface area contributed by atoms with Crippen molar-refractivity contribution in [2.45, 2.75) is 26.7 Å². The molecule has 3 heterocycles. The van der Waals surface area contributed by atoms with E-state index in [-0.39, 0.29) is 12.5 Å². The standard InChI is InChI=1S/C15H21N5O3/c1-10-13(18-12(21)9-20-7-8-23-15(20)22)11(2)17-14(16-10)19-5-3-4-6-19/h3-9H2,1-2H3,(H,18,21). The Bertz CT molecular complexity index is 605. The van der Waals surface area contributed by atoms with Crippen molar-refractivity contribution in [2.75, 3.05) is 43.0 Å². The number of nitrogens with one attached hydrogen (secondary N) is 1. The molecule has 2 saturated heterocycles. The van der Waals surface area contributed by atoms with Gasteiger partial charge in [-0.05, 0) is 26.7 Å². The highest BCUT2D eigenvalue weighted by Crippen LogP contribution is 2.22. The Morgan fingerprint density at radius 1 is 1.17 bits per heavy atom. The Morgan fingerprint density at radius 2 is 1.83 bits per heavy atom. The molecule has 8 heteroatoms. The second kappa shape index (κ2) is 6.39. The number of ether oxygens (including phenoxy) is 1. The molecule has 0 aliphatic carbocycles. The van der Waals surface area contributed by atoms with E-state index in [2.05, 4.69) is 20.2 Å². The molecule has 0 saturated carbocycles. The lowest BCUT2D eigenvalue weighted by Gasteiger charge is -2.19. The number of carbonyl (C=O) groups excluding carboxylic acids is 2. The van der Waals surface area contributed by atoms with Gasteiger partial charge in [-0.3, -0.25) is 9.69 Å². The van der Waals surface area contributed by atoms with Crippen LogP contribution < -0.4 is 10.2 Å². The predicted molar refractivity (Wildman–Crippen MR) is 84.5 cm³/mol. The molecule has 1 aromatic rings. The molecule has 2 fully saturated rings. The SMILES string of the molecule is Cc1nc(N2CCCC2)nc(C)c1NC(=O)CN1CCOC1=O. The minimum absolute atomic E-state index is 0.0222. The summed E-state index contributed by atoms with van der Waals surface area (Å²) >= 11 is 0. The van der Waals surface area contributed by atoms with E-state index in [9.17, 15) is 9.59 Å². The van der Waals surface area contributed by atoms with E-state index in [1.165, 1.54) is 4.90 Å². The van der Waals surface area contributed by atoms with E-state index in [0.29, 0.717) is 18.8 Å². The fraction of sp³-hybridized carbons (Fsp3) is 0.600. The van der Waals surface area contributed by atoms with Crippen molar-refractivity contribution in [3.8, 4) is 0 Å². The number of rotatable bonds is 4. The van der Waals surface area contributed by atoms with Crippen molar-refractivity contribution in [1.29, 1.82) is 0 Å². The molecule has 23 heavy (non-hydrogen) atoms. The minimum atomic E-state index is -0.450. The van der Waals surface area contributed by atoms with Crippen LogP contribution in [0.1, 0.15) is 24.2 Å². The molecular weight excluding hydrogens is 298 g/mol. The van der Waals surface area contributed by atoms with E-state index in [0.717, 1.165) is 43.3 Å². The molecule has 1 aromatic heterocycles. The van der Waals surface area contributed by atoms with Crippen molar-refractivity contribution in [3.63, 3.8) is 0 Å². The van der Waals surface area contributed by atoms with Crippen molar-refractivity contribution >= 4 is 23.6 Å². The Kier molecular flexibility index (Phi) is 4.31. The zero-order valence-electron chi connectivity index (χ0n) is 13.5. The third kappa shape index (κ3) is 3.35. The summed E-state index contributed by atoms with van der Waals surface area (Å²) in [5.74, 6) is 0.450. The molecule has 8 nitrogen and oxygen atoms in total. The molecule has 2 aliphatic rings. The first-order valence-corrected chi connectivity index (χ1v) is 7.86. The maximum atomic E-state index is 12.1. The van der Waals surface area contributed by atoms with E-state index in [1.54, 1.807) is 0 Å². The lowest BCUT2D eigenvalue weighted by Crippen LogP contribution is -2.34. The summed E-state index contributed by atoms with van der Waals surface area (Å²) in [6.45, 7) is 6.41. The van der Waals surface area contributed by atoms with Crippen molar-refractivity contribution in [2.24, 2.45) is 0 Å². The first kappa shape index (κ1) is 15.5. The van der Waals surface area contributed by atoms with Crippen LogP contribution in [-0.4, -0.2) is 59.7 Å². The summed E-state index contributed by atoms with van der Waals surface area (Å²) in [7, 11) is 0. The Labute approximate surface area is 134 Å². The second-order valence-corrected chi connectivity index (χ2v) is 5.85. The van der Waals surface area contributed by atoms with Crippen LogP contribution >= 0.6 is 0 Å².